The van der Waals surface area contributed by atoms with Crippen LogP contribution < -0.4 is 10.6 Å². The molecule has 1 aromatic heterocycles. The Hall–Kier alpha value is -3.41. The molecule has 4 rings (SSSR count). The van der Waals surface area contributed by atoms with Gasteiger partial charge < -0.3 is 15.6 Å². The first-order valence-electron chi connectivity index (χ1n) is 9.96. The zero-order chi connectivity index (χ0) is 20.1. The minimum atomic E-state index is -0.207. The maximum absolute atomic E-state index is 13.0. The van der Waals surface area contributed by atoms with Gasteiger partial charge in [-0.1, -0.05) is 48.5 Å². The molecule has 3 aromatic rings. The summed E-state index contributed by atoms with van der Waals surface area (Å²) in [5.41, 5.74) is 2.61. The quantitative estimate of drug-likeness (QED) is 0.625. The van der Waals surface area contributed by atoms with Gasteiger partial charge in [-0.05, 0) is 42.9 Å². The summed E-state index contributed by atoms with van der Waals surface area (Å²) in [5.74, 6) is 0.0295. The molecule has 0 bridgehead atoms. The topological polar surface area (TPSA) is 86.9 Å². The number of imidazole rings is 1. The van der Waals surface area contributed by atoms with E-state index in [-0.39, 0.29) is 23.9 Å². The predicted molar refractivity (Wildman–Crippen MR) is 111 cm³/mol. The fourth-order valence-electron chi connectivity index (χ4n) is 3.91. The largest absolute Gasteiger partial charge is 0.349 e. The monoisotopic (exact) mass is 388 g/mol. The van der Waals surface area contributed by atoms with Gasteiger partial charge in [-0.15, -0.1) is 0 Å². The van der Waals surface area contributed by atoms with Gasteiger partial charge in [0, 0.05) is 30.0 Å². The zero-order valence-corrected chi connectivity index (χ0v) is 16.1. The zero-order valence-electron chi connectivity index (χ0n) is 16.1. The van der Waals surface area contributed by atoms with E-state index in [1.807, 2.05) is 54.6 Å². The van der Waals surface area contributed by atoms with Crippen molar-refractivity contribution in [1.82, 2.24) is 20.6 Å². The lowest BCUT2D eigenvalue weighted by Crippen LogP contribution is -2.46. The molecular weight excluding hydrogens is 364 g/mol. The fraction of sp³-hybridized carbons (Fsp3) is 0.261. The maximum atomic E-state index is 13.0. The van der Waals surface area contributed by atoms with Crippen LogP contribution in [-0.4, -0.2) is 33.9 Å². The summed E-state index contributed by atoms with van der Waals surface area (Å²) in [6.07, 6.45) is 6.66. The number of nitrogens with zero attached hydrogens (tertiary/aromatic N) is 1. The van der Waals surface area contributed by atoms with Gasteiger partial charge in [0.25, 0.3) is 11.8 Å². The van der Waals surface area contributed by atoms with Crippen molar-refractivity contribution in [3.8, 4) is 11.1 Å². The summed E-state index contributed by atoms with van der Waals surface area (Å²) in [7, 11) is 0. The second-order valence-corrected chi connectivity index (χ2v) is 7.36. The molecule has 0 aliphatic heterocycles. The van der Waals surface area contributed by atoms with E-state index in [1.54, 1.807) is 12.4 Å². The summed E-state index contributed by atoms with van der Waals surface area (Å²) >= 11 is 0. The molecule has 2 aromatic carbocycles. The van der Waals surface area contributed by atoms with E-state index in [2.05, 4.69) is 20.6 Å². The number of carbonyl (C=O) groups is 2. The normalized spacial score (nSPS) is 18.8. The van der Waals surface area contributed by atoms with Gasteiger partial charge in [-0.3, -0.25) is 9.59 Å². The maximum Gasteiger partial charge on any atom is 0.287 e. The lowest BCUT2D eigenvalue weighted by Gasteiger charge is -2.30. The van der Waals surface area contributed by atoms with Crippen molar-refractivity contribution in [2.45, 2.75) is 37.8 Å². The van der Waals surface area contributed by atoms with Crippen LogP contribution in [0.25, 0.3) is 11.1 Å². The summed E-state index contributed by atoms with van der Waals surface area (Å²) in [5, 5.41) is 6.19. The Morgan fingerprint density at radius 2 is 1.59 bits per heavy atom. The standard InChI is InChI=1S/C23H24N4O2/c28-22(20-12-5-4-11-19(20)16-7-2-1-3-8-16)26-17-9-6-10-18(15-17)27-23(29)21-24-13-14-25-21/h1-5,7-8,11-14,17-18H,6,9-10,15H2,(H,24,25)(H,26,28)(H,27,29)/t17-,18+/m1/s1. The SMILES string of the molecule is O=C(N[C@H]1CCC[C@@H](NC(=O)c2ccccc2-c2ccccc2)C1)c1ncc[nH]1. The number of H-pyrrole nitrogens is 1. The lowest BCUT2D eigenvalue weighted by atomic mass is 9.90. The third-order valence-electron chi connectivity index (χ3n) is 5.31. The summed E-state index contributed by atoms with van der Waals surface area (Å²) < 4.78 is 0. The van der Waals surface area contributed by atoms with E-state index in [4.69, 9.17) is 0 Å². The Labute approximate surface area is 169 Å². The fourth-order valence-corrected chi connectivity index (χ4v) is 3.91. The highest BCUT2D eigenvalue weighted by atomic mass is 16.2. The van der Waals surface area contributed by atoms with Crippen LogP contribution in [-0.2, 0) is 0 Å². The number of rotatable bonds is 5. The Morgan fingerprint density at radius 3 is 2.31 bits per heavy atom. The van der Waals surface area contributed by atoms with Gasteiger partial charge in [-0.25, -0.2) is 4.98 Å². The predicted octanol–water partition coefficient (Wildman–Crippen LogP) is 3.55. The van der Waals surface area contributed by atoms with Gasteiger partial charge in [0.2, 0.25) is 0 Å². The molecule has 1 aliphatic rings. The van der Waals surface area contributed by atoms with Crippen molar-refractivity contribution in [1.29, 1.82) is 0 Å². The van der Waals surface area contributed by atoms with E-state index in [9.17, 15) is 9.59 Å². The molecule has 0 saturated heterocycles. The average Bonchev–Trinajstić information content (AvgIpc) is 3.30. The molecular formula is C23H24N4O2. The smallest absolute Gasteiger partial charge is 0.287 e. The number of hydrogen-bond donors (Lipinski definition) is 3. The van der Waals surface area contributed by atoms with E-state index in [1.165, 1.54) is 0 Å². The Kier molecular flexibility index (Phi) is 5.70. The molecule has 2 amide bonds. The average molecular weight is 388 g/mol. The van der Waals surface area contributed by atoms with Gasteiger partial charge in [0.15, 0.2) is 5.82 Å². The van der Waals surface area contributed by atoms with Crippen LogP contribution in [0.2, 0.25) is 0 Å². The van der Waals surface area contributed by atoms with Gasteiger partial charge in [0.05, 0.1) is 0 Å². The van der Waals surface area contributed by atoms with Crippen LogP contribution in [0, 0.1) is 0 Å². The first-order chi connectivity index (χ1) is 14.2. The minimum Gasteiger partial charge on any atom is -0.349 e. The molecule has 1 saturated carbocycles. The van der Waals surface area contributed by atoms with Crippen LogP contribution in [0.5, 0.6) is 0 Å². The second kappa shape index (κ2) is 8.73. The third-order valence-corrected chi connectivity index (χ3v) is 5.31. The highest BCUT2D eigenvalue weighted by Gasteiger charge is 2.26. The van der Waals surface area contributed by atoms with E-state index in [0.29, 0.717) is 17.8 Å². The van der Waals surface area contributed by atoms with Gasteiger partial charge in [-0.2, -0.15) is 0 Å². The molecule has 3 N–H and O–H groups in total. The molecule has 0 unspecified atom stereocenters. The molecule has 148 valence electrons. The molecule has 1 heterocycles. The Balaban J connectivity index is 1.42. The number of amides is 2. The van der Waals surface area contributed by atoms with Gasteiger partial charge >= 0.3 is 0 Å². The second-order valence-electron chi connectivity index (χ2n) is 7.36. The molecule has 0 radical (unpaired) electrons. The number of aromatic amines is 1. The number of carbonyl (C=O) groups excluding carboxylic acids is 2. The highest BCUT2D eigenvalue weighted by molar-refractivity contribution is 6.01. The van der Waals surface area contributed by atoms with Crippen LogP contribution >= 0.6 is 0 Å². The van der Waals surface area contributed by atoms with Crippen molar-refractivity contribution < 1.29 is 9.59 Å². The first kappa shape index (κ1) is 18.9. The molecule has 29 heavy (non-hydrogen) atoms. The summed E-state index contributed by atoms with van der Waals surface area (Å²) in [6.45, 7) is 0. The molecule has 0 spiro atoms. The lowest BCUT2D eigenvalue weighted by molar-refractivity contribution is 0.0897. The van der Waals surface area contributed by atoms with Crippen LogP contribution in [0.1, 0.15) is 46.7 Å². The van der Waals surface area contributed by atoms with Crippen LogP contribution in [0.15, 0.2) is 67.0 Å². The number of nitrogens with one attached hydrogen (secondary N) is 3. The Bertz CT molecular complexity index is 970. The van der Waals surface area contributed by atoms with Crippen LogP contribution in [0.4, 0.5) is 0 Å². The molecule has 6 nitrogen and oxygen atoms in total. The summed E-state index contributed by atoms with van der Waals surface area (Å²) in [6, 6.07) is 17.6. The number of benzene rings is 2. The van der Waals surface area contributed by atoms with Crippen LogP contribution in [0.3, 0.4) is 0 Å². The Morgan fingerprint density at radius 1 is 0.897 bits per heavy atom. The summed E-state index contributed by atoms with van der Waals surface area (Å²) in [4.78, 5) is 32.1. The first-order valence-corrected chi connectivity index (χ1v) is 9.96. The van der Waals surface area contributed by atoms with E-state index >= 15 is 0 Å². The third kappa shape index (κ3) is 4.54. The molecule has 1 aliphatic carbocycles. The van der Waals surface area contributed by atoms with E-state index < -0.39 is 0 Å². The van der Waals surface area contributed by atoms with Gasteiger partial charge in [0.1, 0.15) is 0 Å². The van der Waals surface area contributed by atoms with Crippen molar-refractivity contribution in [2.24, 2.45) is 0 Å². The van der Waals surface area contributed by atoms with Crippen molar-refractivity contribution in [2.75, 3.05) is 0 Å². The van der Waals surface area contributed by atoms with Crippen molar-refractivity contribution >= 4 is 11.8 Å². The molecule has 2 atom stereocenters. The van der Waals surface area contributed by atoms with Crippen molar-refractivity contribution in [3.05, 3.63) is 78.4 Å². The highest BCUT2D eigenvalue weighted by Crippen LogP contribution is 2.25. The minimum absolute atomic E-state index is 0.0241. The number of hydrogen-bond acceptors (Lipinski definition) is 3. The molecule has 6 heteroatoms. The van der Waals surface area contributed by atoms with Crippen molar-refractivity contribution in [3.63, 3.8) is 0 Å². The molecule has 1 fully saturated rings. The van der Waals surface area contributed by atoms with E-state index in [0.717, 1.165) is 30.4 Å². The number of aromatic nitrogens is 2.